The van der Waals surface area contributed by atoms with Gasteiger partial charge < -0.3 is 9.80 Å². The van der Waals surface area contributed by atoms with E-state index in [1.165, 1.54) is 12.1 Å². The standard InChI is InChI=1S/C19H22BrFN2O2S/c20-16-2-8-19(9-3-16)26(24,25)15-14-22-10-1-11-23(13-12-22)18-6-4-17(21)5-7-18/h2-9H,1,10-15H2. The van der Waals surface area contributed by atoms with Crippen LogP contribution in [0.2, 0.25) is 0 Å². The van der Waals surface area contributed by atoms with Gasteiger partial charge in [0.15, 0.2) is 9.84 Å². The molecule has 1 aliphatic heterocycles. The first-order chi connectivity index (χ1) is 12.4. The van der Waals surface area contributed by atoms with Crippen molar-refractivity contribution in [1.29, 1.82) is 0 Å². The summed E-state index contributed by atoms with van der Waals surface area (Å²) < 4.78 is 39.0. The zero-order valence-corrected chi connectivity index (χ0v) is 16.8. The second-order valence-corrected chi connectivity index (χ2v) is 9.46. The van der Waals surface area contributed by atoms with Crippen LogP contribution >= 0.6 is 15.9 Å². The molecule has 0 saturated carbocycles. The monoisotopic (exact) mass is 440 g/mol. The van der Waals surface area contributed by atoms with Gasteiger partial charge in [-0.3, -0.25) is 0 Å². The lowest BCUT2D eigenvalue weighted by atomic mass is 10.2. The summed E-state index contributed by atoms with van der Waals surface area (Å²) in [5, 5.41) is 0. The number of rotatable bonds is 5. The summed E-state index contributed by atoms with van der Waals surface area (Å²) in [6.07, 6.45) is 0.954. The Hall–Kier alpha value is -1.44. The molecule has 1 heterocycles. The van der Waals surface area contributed by atoms with E-state index in [2.05, 4.69) is 25.7 Å². The highest BCUT2D eigenvalue weighted by atomic mass is 79.9. The molecule has 0 aromatic heterocycles. The fourth-order valence-electron chi connectivity index (χ4n) is 3.11. The van der Waals surface area contributed by atoms with E-state index >= 15 is 0 Å². The summed E-state index contributed by atoms with van der Waals surface area (Å²) in [5.74, 6) is -0.117. The van der Waals surface area contributed by atoms with E-state index in [-0.39, 0.29) is 11.6 Å². The number of benzene rings is 2. The maximum absolute atomic E-state index is 13.1. The van der Waals surface area contributed by atoms with Crippen LogP contribution in [-0.2, 0) is 9.84 Å². The van der Waals surface area contributed by atoms with Gasteiger partial charge in [-0.1, -0.05) is 15.9 Å². The predicted octanol–water partition coefficient (Wildman–Crippen LogP) is 3.57. The summed E-state index contributed by atoms with van der Waals surface area (Å²) in [6, 6.07) is 13.3. The molecule has 140 valence electrons. The topological polar surface area (TPSA) is 40.6 Å². The van der Waals surface area contributed by atoms with Gasteiger partial charge in [0.2, 0.25) is 0 Å². The van der Waals surface area contributed by atoms with E-state index in [0.29, 0.717) is 11.4 Å². The Morgan fingerprint density at radius 2 is 1.62 bits per heavy atom. The molecule has 2 aromatic rings. The lowest BCUT2D eigenvalue weighted by molar-refractivity contribution is 0.310. The molecule has 3 rings (SSSR count). The first kappa shape index (κ1) is 19.3. The Labute approximate surface area is 162 Å². The number of anilines is 1. The fraction of sp³-hybridized carbons (Fsp3) is 0.368. The molecule has 0 amide bonds. The van der Waals surface area contributed by atoms with Gasteiger partial charge >= 0.3 is 0 Å². The predicted molar refractivity (Wildman–Crippen MR) is 106 cm³/mol. The second kappa shape index (κ2) is 8.50. The van der Waals surface area contributed by atoms with Gasteiger partial charge in [0.05, 0.1) is 10.6 Å². The summed E-state index contributed by atoms with van der Waals surface area (Å²) in [5.41, 5.74) is 1.01. The van der Waals surface area contributed by atoms with Crippen LogP contribution in [0.3, 0.4) is 0 Å². The Morgan fingerprint density at radius 3 is 2.31 bits per heavy atom. The molecule has 1 fully saturated rings. The molecule has 0 spiro atoms. The normalized spacial score (nSPS) is 16.5. The zero-order valence-electron chi connectivity index (χ0n) is 14.4. The quantitative estimate of drug-likeness (QED) is 0.712. The van der Waals surface area contributed by atoms with E-state index in [1.807, 2.05) is 0 Å². The van der Waals surface area contributed by atoms with Crippen LogP contribution in [0.4, 0.5) is 10.1 Å². The molecule has 26 heavy (non-hydrogen) atoms. The van der Waals surface area contributed by atoms with Gasteiger partial charge in [0, 0.05) is 36.3 Å². The maximum atomic E-state index is 13.1. The van der Waals surface area contributed by atoms with Crippen molar-refractivity contribution < 1.29 is 12.8 Å². The van der Waals surface area contributed by atoms with E-state index in [4.69, 9.17) is 0 Å². The van der Waals surface area contributed by atoms with E-state index < -0.39 is 9.84 Å². The highest BCUT2D eigenvalue weighted by molar-refractivity contribution is 9.10. The maximum Gasteiger partial charge on any atom is 0.179 e. The lowest BCUT2D eigenvalue weighted by Gasteiger charge is -2.23. The third kappa shape index (κ3) is 5.05. The van der Waals surface area contributed by atoms with Gasteiger partial charge in [-0.15, -0.1) is 0 Å². The lowest BCUT2D eigenvalue weighted by Crippen LogP contribution is -2.33. The summed E-state index contributed by atoms with van der Waals surface area (Å²) in [4.78, 5) is 4.78. The van der Waals surface area contributed by atoms with E-state index in [0.717, 1.165) is 42.8 Å². The van der Waals surface area contributed by atoms with Crippen LogP contribution in [0.25, 0.3) is 0 Å². The third-order valence-corrected chi connectivity index (χ3v) is 6.87. The van der Waals surface area contributed by atoms with Gasteiger partial charge in [-0.2, -0.15) is 0 Å². The summed E-state index contributed by atoms with van der Waals surface area (Å²) in [7, 11) is -3.28. The molecule has 0 bridgehead atoms. The number of hydrogen-bond acceptors (Lipinski definition) is 4. The highest BCUT2D eigenvalue weighted by Crippen LogP contribution is 2.18. The molecule has 0 N–H and O–H groups in total. The Morgan fingerprint density at radius 1 is 0.923 bits per heavy atom. The van der Waals surface area contributed by atoms with E-state index in [1.54, 1.807) is 36.4 Å². The summed E-state index contributed by atoms with van der Waals surface area (Å²) in [6.45, 7) is 3.89. The molecule has 7 heteroatoms. The second-order valence-electron chi connectivity index (χ2n) is 6.43. The van der Waals surface area contributed by atoms with E-state index in [9.17, 15) is 12.8 Å². The third-order valence-electron chi connectivity index (χ3n) is 4.63. The van der Waals surface area contributed by atoms with Crippen LogP contribution in [0.5, 0.6) is 0 Å². The molecule has 4 nitrogen and oxygen atoms in total. The molecule has 1 aliphatic rings. The van der Waals surface area contributed by atoms with Crippen molar-refractivity contribution >= 4 is 31.5 Å². The Bertz CT molecular complexity index is 826. The van der Waals surface area contributed by atoms with Crippen molar-refractivity contribution in [2.75, 3.05) is 43.4 Å². The van der Waals surface area contributed by atoms with Gasteiger partial charge in [-0.05, 0) is 61.5 Å². The van der Waals surface area contributed by atoms with Crippen molar-refractivity contribution in [2.45, 2.75) is 11.3 Å². The van der Waals surface area contributed by atoms with Crippen LogP contribution in [0, 0.1) is 5.82 Å². The van der Waals surface area contributed by atoms with Gasteiger partial charge in [0.25, 0.3) is 0 Å². The first-order valence-corrected chi connectivity index (χ1v) is 11.1. The molecule has 0 atom stereocenters. The van der Waals surface area contributed by atoms with Crippen molar-refractivity contribution in [3.63, 3.8) is 0 Å². The average molecular weight is 441 g/mol. The van der Waals surface area contributed by atoms with Crippen molar-refractivity contribution in [1.82, 2.24) is 4.90 Å². The number of nitrogens with zero attached hydrogens (tertiary/aromatic N) is 2. The zero-order chi connectivity index (χ0) is 18.6. The average Bonchev–Trinajstić information content (AvgIpc) is 2.87. The first-order valence-electron chi connectivity index (χ1n) is 8.65. The number of sulfone groups is 1. The van der Waals surface area contributed by atoms with Crippen molar-refractivity contribution in [2.24, 2.45) is 0 Å². The van der Waals surface area contributed by atoms with Crippen LogP contribution in [0.15, 0.2) is 57.9 Å². The minimum atomic E-state index is -3.28. The van der Waals surface area contributed by atoms with Crippen LogP contribution in [0.1, 0.15) is 6.42 Å². The molecular weight excluding hydrogens is 419 g/mol. The van der Waals surface area contributed by atoms with Crippen LogP contribution < -0.4 is 4.90 Å². The minimum absolute atomic E-state index is 0.116. The molecule has 0 unspecified atom stereocenters. The van der Waals surface area contributed by atoms with Crippen molar-refractivity contribution in [3.05, 3.63) is 58.8 Å². The molecule has 2 aromatic carbocycles. The number of halogens is 2. The Balaban J connectivity index is 1.56. The van der Waals surface area contributed by atoms with Gasteiger partial charge in [-0.25, -0.2) is 12.8 Å². The minimum Gasteiger partial charge on any atom is -0.370 e. The number of hydrogen-bond donors (Lipinski definition) is 0. The van der Waals surface area contributed by atoms with Gasteiger partial charge in [0.1, 0.15) is 5.82 Å². The molecule has 1 saturated heterocycles. The fourth-order valence-corrected chi connectivity index (χ4v) is 4.66. The molecular formula is C19H22BrFN2O2S. The Kier molecular flexibility index (Phi) is 6.32. The largest absolute Gasteiger partial charge is 0.370 e. The summed E-state index contributed by atoms with van der Waals surface area (Å²) >= 11 is 3.32. The van der Waals surface area contributed by atoms with Crippen LogP contribution in [-0.4, -0.2) is 51.8 Å². The smallest absolute Gasteiger partial charge is 0.179 e. The SMILES string of the molecule is O=S(=O)(CCN1CCCN(c2ccc(F)cc2)CC1)c1ccc(Br)cc1. The highest BCUT2D eigenvalue weighted by Gasteiger charge is 2.19. The van der Waals surface area contributed by atoms with Crippen molar-refractivity contribution in [3.8, 4) is 0 Å². The molecule has 0 aliphatic carbocycles. The molecule has 0 radical (unpaired) electrons.